The van der Waals surface area contributed by atoms with Gasteiger partial charge in [0.1, 0.15) is 0 Å². The fourth-order valence-corrected chi connectivity index (χ4v) is 3.06. The smallest absolute Gasteiger partial charge is 0.407 e. The van der Waals surface area contributed by atoms with Gasteiger partial charge in [-0.3, -0.25) is 4.79 Å². The van der Waals surface area contributed by atoms with Crippen molar-refractivity contribution in [1.82, 2.24) is 4.90 Å². The second-order valence-corrected chi connectivity index (χ2v) is 5.72. The summed E-state index contributed by atoms with van der Waals surface area (Å²) in [6, 6.07) is 13.9. The van der Waals surface area contributed by atoms with Crippen LogP contribution in [0.4, 0.5) is 4.79 Å². The van der Waals surface area contributed by atoms with Gasteiger partial charge in [0, 0.05) is 19.0 Å². The van der Waals surface area contributed by atoms with Crippen molar-refractivity contribution < 1.29 is 19.8 Å². The number of amides is 1. The maximum Gasteiger partial charge on any atom is 0.407 e. The lowest BCUT2D eigenvalue weighted by atomic mass is 9.94. The zero-order valence-corrected chi connectivity index (χ0v) is 12.4. The van der Waals surface area contributed by atoms with Gasteiger partial charge in [-0.1, -0.05) is 54.6 Å². The topological polar surface area (TPSA) is 77.8 Å². The number of hydrogen-bond donors (Lipinski definition) is 2. The van der Waals surface area contributed by atoms with Crippen LogP contribution in [0.25, 0.3) is 16.8 Å². The van der Waals surface area contributed by atoms with Crippen molar-refractivity contribution in [3.05, 3.63) is 54.1 Å². The number of fused-ring (bicyclic) bond motifs is 1. The standard InChI is InChI=1S/C18H17NO4/c20-17(21)16-11-19(18(22)23)10-14(16)9-8-13-6-3-5-12-4-1-2-7-15(12)13/h1-9,14,16H,10-11H2,(H,20,21)(H,22,23)/t14-,16-/m0/s1. The third-order valence-electron chi connectivity index (χ3n) is 4.30. The van der Waals surface area contributed by atoms with Crippen LogP contribution in [-0.2, 0) is 4.79 Å². The highest BCUT2D eigenvalue weighted by molar-refractivity contribution is 5.90. The van der Waals surface area contributed by atoms with E-state index in [0.29, 0.717) is 0 Å². The molecule has 1 amide bonds. The first kappa shape index (κ1) is 15.1. The van der Waals surface area contributed by atoms with Crippen LogP contribution < -0.4 is 0 Å². The first-order valence-electron chi connectivity index (χ1n) is 7.43. The Bertz CT molecular complexity index is 778. The van der Waals surface area contributed by atoms with E-state index in [4.69, 9.17) is 5.11 Å². The molecule has 2 N–H and O–H groups in total. The van der Waals surface area contributed by atoms with E-state index >= 15 is 0 Å². The van der Waals surface area contributed by atoms with E-state index in [9.17, 15) is 14.7 Å². The number of aliphatic carboxylic acids is 1. The number of hydrogen-bond acceptors (Lipinski definition) is 2. The van der Waals surface area contributed by atoms with Crippen molar-refractivity contribution in [2.75, 3.05) is 13.1 Å². The van der Waals surface area contributed by atoms with E-state index in [1.165, 1.54) is 0 Å². The Morgan fingerprint density at radius 2 is 1.78 bits per heavy atom. The number of benzene rings is 2. The van der Waals surface area contributed by atoms with Gasteiger partial charge in [-0.2, -0.15) is 0 Å². The van der Waals surface area contributed by atoms with Crippen LogP contribution in [0.3, 0.4) is 0 Å². The minimum atomic E-state index is -1.07. The van der Waals surface area contributed by atoms with Crippen molar-refractivity contribution in [1.29, 1.82) is 0 Å². The molecule has 23 heavy (non-hydrogen) atoms. The summed E-state index contributed by atoms with van der Waals surface area (Å²) in [5.74, 6) is -1.97. The normalized spacial score (nSPS) is 21.1. The SMILES string of the molecule is O=C(O)[C@H]1CN(C(=O)O)C[C@@H]1C=Cc1cccc2ccccc12. The Morgan fingerprint density at radius 3 is 2.52 bits per heavy atom. The van der Waals surface area contributed by atoms with Crippen LogP contribution in [0.5, 0.6) is 0 Å². The van der Waals surface area contributed by atoms with E-state index in [-0.39, 0.29) is 19.0 Å². The predicted molar refractivity (Wildman–Crippen MR) is 87.2 cm³/mol. The Hall–Kier alpha value is -2.82. The molecule has 5 heteroatoms. The summed E-state index contributed by atoms with van der Waals surface area (Å²) in [6.07, 6.45) is 2.65. The molecule has 1 aliphatic rings. The second kappa shape index (κ2) is 6.12. The molecule has 0 saturated carbocycles. The maximum absolute atomic E-state index is 11.4. The average Bonchev–Trinajstić information content (AvgIpc) is 2.97. The summed E-state index contributed by atoms with van der Waals surface area (Å²) in [6.45, 7) is 0.253. The monoisotopic (exact) mass is 311 g/mol. The zero-order valence-electron chi connectivity index (χ0n) is 12.4. The summed E-state index contributed by atoms with van der Waals surface area (Å²) >= 11 is 0. The van der Waals surface area contributed by atoms with Gasteiger partial charge in [0.05, 0.1) is 5.92 Å². The van der Waals surface area contributed by atoms with Crippen molar-refractivity contribution in [3.8, 4) is 0 Å². The third kappa shape index (κ3) is 3.04. The number of carboxylic acids is 1. The Morgan fingerprint density at radius 1 is 1.04 bits per heavy atom. The molecule has 1 fully saturated rings. The molecule has 2 atom stereocenters. The lowest BCUT2D eigenvalue weighted by Crippen LogP contribution is -2.28. The Balaban J connectivity index is 1.88. The van der Waals surface area contributed by atoms with Crippen LogP contribution in [0.1, 0.15) is 5.56 Å². The third-order valence-corrected chi connectivity index (χ3v) is 4.30. The molecule has 3 rings (SSSR count). The molecular weight excluding hydrogens is 294 g/mol. The van der Waals surface area contributed by atoms with Crippen molar-refractivity contribution in [3.63, 3.8) is 0 Å². The molecule has 0 aliphatic carbocycles. The van der Waals surface area contributed by atoms with Gasteiger partial charge >= 0.3 is 12.1 Å². The minimum absolute atomic E-state index is 0.0369. The average molecular weight is 311 g/mol. The molecule has 1 aliphatic heterocycles. The van der Waals surface area contributed by atoms with Gasteiger partial charge in [0.25, 0.3) is 0 Å². The van der Waals surface area contributed by atoms with Crippen LogP contribution in [0.15, 0.2) is 48.5 Å². The number of rotatable bonds is 3. The lowest BCUT2D eigenvalue weighted by Gasteiger charge is -2.09. The van der Waals surface area contributed by atoms with Crippen LogP contribution in [0.2, 0.25) is 0 Å². The molecule has 0 spiro atoms. The molecule has 0 bridgehead atoms. The number of carboxylic acid groups (broad SMARTS) is 2. The Kier molecular flexibility index (Phi) is 4.02. The molecule has 1 heterocycles. The number of nitrogens with zero attached hydrogens (tertiary/aromatic N) is 1. The fourth-order valence-electron chi connectivity index (χ4n) is 3.06. The fraction of sp³-hybridized carbons (Fsp3) is 0.222. The molecule has 0 radical (unpaired) electrons. The first-order chi connectivity index (χ1) is 11.1. The van der Waals surface area contributed by atoms with Crippen molar-refractivity contribution >= 4 is 28.9 Å². The van der Waals surface area contributed by atoms with E-state index in [2.05, 4.69) is 0 Å². The molecule has 118 valence electrons. The number of likely N-dealkylation sites (tertiary alicyclic amines) is 1. The highest BCUT2D eigenvalue weighted by Gasteiger charge is 2.38. The van der Waals surface area contributed by atoms with Gasteiger partial charge in [-0.25, -0.2) is 4.79 Å². The molecule has 0 unspecified atom stereocenters. The van der Waals surface area contributed by atoms with Gasteiger partial charge < -0.3 is 15.1 Å². The lowest BCUT2D eigenvalue weighted by molar-refractivity contribution is -0.141. The predicted octanol–water partition coefficient (Wildman–Crippen LogP) is 3.16. The Labute approximate surface area is 133 Å². The largest absolute Gasteiger partial charge is 0.481 e. The maximum atomic E-state index is 11.4. The van der Waals surface area contributed by atoms with E-state index in [0.717, 1.165) is 21.2 Å². The minimum Gasteiger partial charge on any atom is -0.481 e. The molecule has 1 saturated heterocycles. The van der Waals surface area contributed by atoms with E-state index < -0.39 is 18.0 Å². The summed E-state index contributed by atoms with van der Waals surface area (Å²) in [7, 11) is 0. The van der Waals surface area contributed by atoms with E-state index in [1.807, 2.05) is 54.6 Å². The van der Waals surface area contributed by atoms with Crippen LogP contribution >= 0.6 is 0 Å². The molecule has 5 nitrogen and oxygen atoms in total. The highest BCUT2D eigenvalue weighted by atomic mass is 16.4. The van der Waals surface area contributed by atoms with Crippen molar-refractivity contribution in [2.24, 2.45) is 11.8 Å². The molecule has 0 aromatic heterocycles. The van der Waals surface area contributed by atoms with Gasteiger partial charge in [0.15, 0.2) is 0 Å². The molecule has 2 aromatic carbocycles. The van der Waals surface area contributed by atoms with Crippen molar-refractivity contribution in [2.45, 2.75) is 0 Å². The van der Waals surface area contributed by atoms with Gasteiger partial charge in [0.2, 0.25) is 0 Å². The molecule has 2 aromatic rings. The summed E-state index contributed by atoms with van der Waals surface area (Å²) < 4.78 is 0. The zero-order chi connectivity index (χ0) is 16.4. The van der Waals surface area contributed by atoms with Crippen LogP contribution in [-0.4, -0.2) is 40.3 Å². The summed E-state index contributed by atoms with van der Waals surface area (Å²) in [5.41, 5.74) is 1.00. The summed E-state index contributed by atoms with van der Waals surface area (Å²) in [4.78, 5) is 23.6. The van der Waals surface area contributed by atoms with Crippen LogP contribution in [0, 0.1) is 11.8 Å². The number of carbonyl (C=O) groups is 2. The van der Waals surface area contributed by atoms with Gasteiger partial charge in [-0.15, -0.1) is 0 Å². The quantitative estimate of drug-likeness (QED) is 0.912. The van der Waals surface area contributed by atoms with E-state index in [1.54, 1.807) is 0 Å². The van der Waals surface area contributed by atoms with Gasteiger partial charge in [-0.05, 0) is 16.3 Å². The second-order valence-electron chi connectivity index (χ2n) is 5.72. The highest BCUT2D eigenvalue weighted by Crippen LogP contribution is 2.27. The summed E-state index contributed by atoms with van der Waals surface area (Å²) in [5, 5.41) is 20.6. The first-order valence-corrected chi connectivity index (χ1v) is 7.43. The molecular formula is C18H17NO4.